The number of nitrogens with zero attached hydrogens (tertiary/aromatic N) is 1. The zero-order valence-corrected chi connectivity index (χ0v) is 19.1. The lowest BCUT2D eigenvalue weighted by Crippen LogP contribution is -2.44. The van der Waals surface area contributed by atoms with E-state index in [1.165, 1.54) is 12.1 Å². The van der Waals surface area contributed by atoms with E-state index in [1.807, 2.05) is 0 Å². The largest absolute Gasteiger partial charge is 0.497 e. The average Bonchev–Trinajstić information content (AvgIpc) is 2.86. The van der Waals surface area contributed by atoms with Crippen LogP contribution in [0.4, 0.5) is 10.1 Å². The summed E-state index contributed by atoms with van der Waals surface area (Å²) < 4.78 is 29.6. The smallest absolute Gasteiger partial charge is 0.199 e. The van der Waals surface area contributed by atoms with Crippen LogP contribution in [-0.2, 0) is 9.53 Å². The Hall–Kier alpha value is -3.26. The summed E-state index contributed by atoms with van der Waals surface area (Å²) >= 11 is 0. The molecule has 2 unspecified atom stereocenters. The van der Waals surface area contributed by atoms with Crippen molar-refractivity contribution in [3.05, 3.63) is 53.8 Å². The predicted octanol–water partition coefficient (Wildman–Crippen LogP) is 4.12. The second-order valence-electron chi connectivity index (χ2n) is 7.89. The summed E-state index contributed by atoms with van der Waals surface area (Å²) in [5.74, 6) is -0.224. The number of methoxy groups -OCH3 is 2. The molecule has 0 radical (unpaired) electrons. The molecule has 0 saturated carbocycles. The molecule has 2 aromatic rings. The van der Waals surface area contributed by atoms with Crippen molar-refractivity contribution in [1.82, 2.24) is 0 Å². The number of carbonyl (C=O) groups is 1. The Bertz CT molecular complexity index is 965. The molecule has 1 aliphatic heterocycles. The number of hydrogen-bond acceptors (Lipinski definition) is 7. The number of Topliss-reactive ketones (excluding diaryl/α,β-unsaturated/α-hetero) is 1. The van der Waals surface area contributed by atoms with Crippen molar-refractivity contribution >= 4 is 23.4 Å². The highest BCUT2D eigenvalue weighted by Gasteiger charge is 2.34. The normalized spacial score (nSPS) is 16.2. The number of ketones is 1. The van der Waals surface area contributed by atoms with Crippen LogP contribution in [0.3, 0.4) is 0 Å². The van der Waals surface area contributed by atoms with Gasteiger partial charge in [0.25, 0.3) is 0 Å². The van der Waals surface area contributed by atoms with Crippen molar-refractivity contribution in [2.75, 3.05) is 39.8 Å². The molecule has 0 spiro atoms. The van der Waals surface area contributed by atoms with E-state index < -0.39 is 12.0 Å². The first-order chi connectivity index (χ1) is 16.0. The van der Waals surface area contributed by atoms with E-state index in [9.17, 15) is 9.18 Å². The minimum atomic E-state index is -0.674. The number of benzene rings is 2. The number of ether oxygens (including phenoxy) is 3. The Morgan fingerprint density at radius 1 is 1.15 bits per heavy atom. The summed E-state index contributed by atoms with van der Waals surface area (Å²) in [6, 6.07) is 10.5. The van der Waals surface area contributed by atoms with Crippen LogP contribution in [-0.4, -0.2) is 58.2 Å². The van der Waals surface area contributed by atoms with Crippen LogP contribution < -0.4 is 14.8 Å². The number of carbonyl (C=O) groups excluding carboxylic acids is 1. The van der Waals surface area contributed by atoms with Crippen LogP contribution in [0, 0.1) is 17.1 Å². The molecule has 1 saturated heterocycles. The van der Waals surface area contributed by atoms with Gasteiger partial charge in [-0.2, -0.15) is 0 Å². The lowest BCUT2D eigenvalue weighted by Gasteiger charge is -2.31. The molecular weight excluding hydrogens is 425 g/mol. The highest BCUT2D eigenvalue weighted by molar-refractivity contribution is 6.45. The van der Waals surface area contributed by atoms with Crippen molar-refractivity contribution < 1.29 is 23.4 Å². The van der Waals surface area contributed by atoms with Gasteiger partial charge in [-0.3, -0.25) is 9.79 Å². The van der Waals surface area contributed by atoms with E-state index in [1.54, 1.807) is 57.8 Å². The van der Waals surface area contributed by atoms with Gasteiger partial charge >= 0.3 is 0 Å². The van der Waals surface area contributed by atoms with Crippen LogP contribution in [0.2, 0.25) is 0 Å². The molecule has 2 aromatic carbocycles. The monoisotopic (exact) mass is 455 g/mol. The van der Waals surface area contributed by atoms with E-state index in [4.69, 9.17) is 19.6 Å². The molecule has 1 heterocycles. The van der Waals surface area contributed by atoms with Gasteiger partial charge < -0.3 is 24.9 Å². The Balaban J connectivity index is 1.93. The molecule has 1 aliphatic rings. The number of anilines is 1. The molecule has 1 fully saturated rings. The number of nitrogens with one attached hydrogen (secondary N) is 2. The Morgan fingerprint density at radius 3 is 2.30 bits per heavy atom. The van der Waals surface area contributed by atoms with E-state index in [-0.39, 0.29) is 23.2 Å². The fourth-order valence-corrected chi connectivity index (χ4v) is 3.98. The fourth-order valence-electron chi connectivity index (χ4n) is 3.98. The maximum atomic E-state index is 13.7. The quantitative estimate of drug-likeness (QED) is 0.526. The Labute approximate surface area is 193 Å². The molecule has 8 heteroatoms. The molecule has 2 N–H and O–H groups in total. The van der Waals surface area contributed by atoms with Crippen molar-refractivity contribution in [2.24, 2.45) is 10.9 Å². The maximum absolute atomic E-state index is 13.7. The molecule has 0 aliphatic carbocycles. The molecule has 2 atom stereocenters. The molecule has 0 aromatic heterocycles. The topological polar surface area (TPSA) is 93.0 Å². The Morgan fingerprint density at radius 2 is 1.76 bits per heavy atom. The van der Waals surface area contributed by atoms with Crippen molar-refractivity contribution in [3.8, 4) is 11.5 Å². The summed E-state index contributed by atoms with van der Waals surface area (Å²) in [7, 11) is 4.71. The van der Waals surface area contributed by atoms with Gasteiger partial charge in [0, 0.05) is 50.4 Å². The van der Waals surface area contributed by atoms with Gasteiger partial charge in [-0.1, -0.05) is 12.1 Å². The zero-order chi connectivity index (χ0) is 23.8. The molecular formula is C25H30FN3O4. The first kappa shape index (κ1) is 24.4. The standard InChI is InChI=1S/C25H30FN3O4/c1-28-15-22(16-4-6-18(26)7-5-16)23(27)25(30)24(17-8-10-33-11-9-17)29-19-12-20(31-2)14-21(13-19)32-3/h4-7,12-15,17,22,24,27,29H,8-11H2,1-3H3. The number of halogens is 1. The van der Waals surface area contributed by atoms with Crippen molar-refractivity contribution in [3.63, 3.8) is 0 Å². The number of rotatable bonds is 10. The molecule has 0 amide bonds. The van der Waals surface area contributed by atoms with Crippen molar-refractivity contribution in [2.45, 2.75) is 24.8 Å². The summed E-state index contributed by atoms with van der Waals surface area (Å²) in [5.41, 5.74) is 1.19. The van der Waals surface area contributed by atoms with E-state index in [0.29, 0.717) is 48.8 Å². The summed E-state index contributed by atoms with van der Waals surface area (Å²) in [4.78, 5) is 17.7. The van der Waals surface area contributed by atoms with Gasteiger partial charge in [-0.05, 0) is 36.5 Å². The van der Waals surface area contributed by atoms with Crippen molar-refractivity contribution in [1.29, 1.82) is 5.41 Å². The number of aliphatic imine (C=N–C) groups is 1. The zero-order valence-electron chi connectivity index (χ0n) is 19.1. The Kier molecular flexibility index (Phi) is 8.54. The van der Waals surface area contributed by atoms with Crippen LogP contribution >= 0.6 is 0 Å². The lowest BCUT2D eigenvalue weighted by molar-refractivity contribution is -0.115. The fraction of sp³-hybridized carbons (Fsp3) is 0.400. The predicted molar refractivity (Wildman–Crippen MR) is 127 cm³/mol. The average molecular weight is 456 g/mol. The third-order valence-electron chi connectivity index (χ3n) is 5.80. The van der Waals surface area contributed by atoms with E-state index in [0.717, 1.165) is 0 Å². The lowest BCUT2D eigenvalue weighted by atomic mass is 9.83. The molecule has 176 valence electrons. The first-order valence-corrected chi connectivity index (χ1v) is 10.8. The van der Waals surface area contributed by atoms with Crippen LogP contribution in [0.5, 0.6) is 11.5 Å². The highest BCUT2D eigenvalue weighted by atomic mass is 19.1. The molecule has 7 nitrogen and oxygen atoms in total. The van der Waals surface area contributed by atoms with Gasteiger partial charge in [0.1, 0.15) is 17.3 Å². The minimum absolute atomic E-state index is 0.0174. The van der Waals surface area contributed by atoms with Gasteiger partial charge in [-0.25, -0.2) is 4.39 Å². The van der Waals surface area contributed by atoms with E-state index in [2.05, 4.69) is 10.3 Å². The summed E-state index contributed by atoms with van der Waals surface area (Å²) in [5, 5.41) is 12.1. The van der Waals surface area contributed by atoms with Crippen LogP contribution in [0.1, 0.15) is 24.3 Å². The maximum Gasteiger partial charge on any atom is 0.199 e. The van der Waals surface area contributed by atoms with Crippen LogP contribution in [0.25, 0.3) is 0 Å². The summed E-state index contributed by atoms with van der Waals surface area (Å²) in [6.07, 6.45) is 2.94. The molecule has 3 rings (SSSR count). The van der Waals surface area contributed by atoms with Gasteiger partial charge in [0.05, 0.1) is 31.9 Å². The SMILES string of the molecule is CN=CC(C(=N)C(=O)C(Nc1cc(OC)cc(OC)c1)C1CCOCC1)c1ccc(F)cc1. The first-order valence-electron chi connectivity index (χ1n) is 10.8. The summed E-state index contributed by atoms with van der Waals surface area (Å²) in [6.45, 7) is 1.12. The van der Waals surface area contributed by atoms with Crippen LogP contribution in [0.15, 0.2) is 47.5 Å². The van der Waals surface area contributed by atoms with Gasteiger partial charge in [-0.15, -0.1) is 0 Å². The molecule has 33 heavy (non-hydrogen) atoms. The second-order valence-corrected chi connectivity index (χ2v) is 7.89. The van der Waals surface area contributed by atoms with Gasteiger partial charge in [0.15, 0.2) is 5.78 Å². The highest BCUT2D eigenvalue weighted by Crippen LogP contribution is 2.30. The molecule has 0 bridgehead atoms. The number of hydrogen-bond donors (Lipinski definition) is 2. The third kappa shape index (κ3) is 6.16. The third-order valence-corrected chi connectivity index (χ3v) is 5.80. The minimum Gasteiger partial charge on any atom is -0.497 e. The second kappa shape index (κ2) is 11.6. The van der Waals surface area contributed by atoms with Gasteiger partial charge in [0.2, 0.25) is 0 Å². The van der Waals surface area contributed by atoms with E-state index >= 15 is 0 Å².